The Kier molecular flexibility index (Phi) is 7.73. The number of guanidine groups is 1. The number of hydrogen-bond acceptors (Lipinski definition) is 4. The fraction of sp³-hybridized carbons (Fsp3) is 0.474. The zero-order chi connectivity index (χ0) is 18.1. The predicted molar refractivity (Wildman–Crippen MR) is 106 cm³/mol. The van der Waals surface area contributed by atoms with Crippen molar-refractivity contribution in [1.29, 1.82) is 0 Å². The Hall–Kier alpha value is -2.08. The SMILES string of the molecule is CCNC(=NCCCOc1ccc(C)cc1)N(C)Cc1csc(C)n1. The molecule has 2 aromatic rings. The van der Waals surface area contributed by atoms with Crippen molar-refractivity contribution in [2.24, 2.45) is 4.99 Å². The normalized spacial score (nSPS) is 11.4. The lowest BCUT2D eigenvalue weighted by molar-refractivity contribution is 0.313. The summed E-state index contributed by atoms with van der Waals surface area (Å²) < 4.78 is 5.75. The van der Waals surface area contributed by atoms with Crippen molar-refractivity contribution in [3.05, 3.63) is 45.9 Å². The summed E-state index contributed by atoms with van der Waals surface area (Å²) in [7, 11) is 2.04. The van der Waals surface area contributed by atoms with Gasteiger partial charge in [-0.1, -0.05) is 17.7 Å². The second-order valence-corrected chi connectivity index (χ2v) is 7.03. The van der Waals surface area contributed by atoms with E-state index in [9.17, 15) is 0 Å². The van der Waals surface area contributed by atoms with E-state index in [1.165, 1.54) is 5.56 Å². The molecule has 0 fully saturated rings. The minimum absolute atomic E-state index is 0.668. The van der Waals surface area contributed by atoms with E-state index in [2.05, 4.69) is 51.6 Å². The first-order chi connectivity index (χ1) is 12.1. The van der Waals surface area contributed by atoms with E-state index in [-0.39, 0.29) is 0 Å². The molecule has 0 aliphatic heterocycles. The maximum Gasteiger partial charge on any atom is 0.194 e. The summed E-state index contributed by atoms with van der Waals surface area (Å²) in [6, 6.07) is 8.14. The number of rotatable bonds is 8. The molecule has 0 aliphatic rings. The maximum atomic E-state index is 5.75. The summed E-state index contributed by atoms with van der Waals surface area (Å²) in [5.74, 6) is 1.82. The van der Waals surface area contributed by atoms with Gasteiger partial charge in [-0.05, 0) is 32.9 Å². The average molecular weight is 361 g/mol. The largest absolute Gasteiger partial charge is 0.494 e. The Morgan fingerprint density at radius 2 is 2.04 bits per heavy atom. The van der Waals surface area contributed by atoms with Crippen molar-refractivity contribution in [2.45, 2.75) is 33.7 Å². The second kappa shape index (κ2) is 10.0. The minimum Gasteiger partial charge on any atom is -0.494 e. The molecule has 0 atom stereocenters. The third-order valence-electron chi connectivity index (χ3n) is 3.62. The Bertz CT molecular complexity index is 666. The van der Waals surface area contributed by atoms with Crippen LogP contribution in [0, 0.1) is 13.8 Å². The molecular weight excluding hydrogens is 332 g/mol. The summed E-state index contributed by atoms with van der Waals surface area (Å²) in [6.07, 6.45) is 0.881. The predicted octanol–water partition coefficient (Wildman–Crippen LogP) is 3.63. The highest BCUT2D eigenvalue weighted by Gasteiger charge is 2.08. The van der Waals surface area contributed by atoms with Crippen LogP contribution < -0.4 is 10.1 Å². The van der Waals surface area contributed by atoms with Crippen LogP contribution in [0.2, 0.25) is 0 Å². The maximum absolute atomic E-state index is 5.75. The van der Waals surface area contributed by atoms with Gasteiger partial charge in [-0.2, -0.15) is 0 Å². The third-order valence-corrected chi connectivity index (χ3v) is 4.44. The number of hydrogen-bond donors (Lipinski definition) is 1. The summed E-state index contributed by atoms with van der Waals surface area (Å²) in [5.41, 5.74) is 2.32. The van der Waals surface area contributed by atoms with Crippen molar-refractivity contribution >= 4 is 17.3 Å². The summed E-state index contributed by atoms with van der Waals surface area (Å²) in [4.78, 5) is 11.3. The van der Waals surface area contributed by atoms with Crippen LogP contribution in [0.5, 0.6) is 5.75 Å². The molecule has 0 saturated heterocycles. The topological polar surface area (TPSA) is 49.8 Å². The molecule has 25 heavy (non-hydrogen) atoms. The Balaban J connectivity index is 1.78. The van der Waals surface area contributed by atoms with Crippen molar-refractivity contribution < 1.29 is 4.74 Å². The Morgan fingerprint density at radius 1 is 1.28 bits per heavy atom. The molecule has 0 amide bonds. The molecule has 1 aromatic heterocycles. The van der Waals surface area contributed by atoms with Crippen LogP contribution in [0.4, 0.5) is 0 Å². The molecule has 0 radical (unpaired) electrons. The lowest BCUT2D eigenvalue weighted by Gasteiger charge is -2.21. The van der Waals surface area contributed by atoms with Gasteiger partial charge < -0.3 is 15.0 Å². The quantitative estimate of drug-likeness (QED) is 0.444. The van der Waals surface area contributed by atoms with Crippen LogP contribution in [0.25, 0.3) is 0 Å². The van der Waals surface area contributed by atoms with Gasteiger partial charge in [-0.25, -0.2) is 4.98 Å². The van der Waals surface area contributed by atoms with Gasteiger partial charge in [0.05, 0.1) is 23.9 Å². The molecule has 0 unspecified atom stereocenters. The number of nitrogens with one attached hydrogen (secondary N) is 1. The van der Waals surface area contributed by atoms with E-state index >= 15 is 0 Å². The lowest BCUT2D eigenvalue weighted by atomic mass is 10.2. The van der Waals surface area contributed by atoms with Gasteiger partial charge in [0.1, 0.15) is 5.75 Å². The number of aryl methyl sites for hydroxylation is 2. The highest BCUT2D eigenvalue weighted by Crippen LogP contribution is 2.12. The molecule has 0 bridgehead atoms. The number of benzene rings is 1. The molecule has 6 heteroatoms. The van der Waals surface area contributed by atoms with Gasteiger partial charge in [0.2, 0.25) is 0 Å². The fourth-order valence-corrected chi connectivity index (χ4v) is 2.95. The van der Waals surface area contributed by atoms with Crippen molar-refractivity contribution in [3.8, 4) is 5.75 Å². The van der Waals surface area contributed by atoms with E-state index in [0.29, 0.717) is 6.61 Å². The summed E-state index contributed by atoms with van der Waals surface area (Å²) >= 11 is 1.68. The number of thiazole rings is 1. The Morgan fingerprint density at radius 3 is 2.68 bits per heavy atom. The number of ether oxygens (including phenoxy) is 1. The molecule has 136 valence electrons. The van der Waals surface area contributed by atoms with E-state index in [1.807, 2.05) is 26.1 Å². The smallest absolute Gasteiger partial charge is 0.194 e. The first kappa shape index (κ1) is 19.2. The number of nitrogens with zero attached hydrogens (tertiary/aromatic N) is 3. The molecule has 1 heterocycles. The van der Waals surface area contributed by atoms with Gasteiger partial charge in [-0.3, -0.25) is 4.99 Å². The Labute approximate surface area is 154 Å². The van der Waals surface area contributed by atoms with Gasteiger partial charge in [0.25, 0.3) is 0 Å². The van der Waals surface area contributed by atoms with Crippen LogP contribution in [-0.2, 0) is 6.54 Å². The zero-order valence-electron chi connectivity index (χ0n) is 15.6. The average Bonchev–Trinajstić information content (AvgIpc) is 3.00. The first-order valence-corrected chi connectivity index (χ1v) is 9.56. The molecule has 0 saturated carbocycles. The van der Waals surface area contributed by atoms with Crippen molar-refractivity contribution in [2.75, 3.05) is 26.7 Å². The standard InChI is InChI=1S/C19H28N4OS/c1-5-20-19(23(4)13-17-14-25-16(3)22-17)21-11-6-12-24-18-9-7-15(2)8-10-18/h7-10,14H,5-6,11-13H2,1-4H3,(H,20,21). The van der Waals surface area contributed by atoms with E-state index in [4.69, 9.17) is 4.74 Å². The van der Waals surface area contributed by atoms with Gasteiger partial charge in [0, 0.05) is 31.9 Å². The van der Waals surface area contributed by atoms with Gasteiger partial charge in [-0.15, -0.1) is 11.3 Å². The van der Waals surface area contributed by atoms with Crippen molar-refractivity contribution in [3.63, 3.8) is 0 Å². The van der Waals surface area contributed by atoms with E-state index in [1.54, 1.807) is 11.3 Å². The molecule has 0 spiro atoms. The molecule has 1 aromatic carbocycles. The zero-order valence-corrected chi connectivity index (χ0v) is 16.4. The van der Waals surface area contributed by atoms with Crippen molar-refractivity contribution in [1.82, 2.24) is 15.2 Å². The van der Waals surface area contributed by atoms with Crippen LogP contribution >= 0.6 is 11.3 Å². The highest BCUT2D eigenvalue weighted by atomic mass is 32.1. The molecule has 0 aliphatic carbocycles. The number of aromatic nitrogens is 1. The highest BCUT2D eigenvalue weighted by molar-refractivity contribution is 7.09. The molecular formula is C19H28N4OS. The second-order valence-electron chi connectivity index (χ2n) is 5.96. The van der Waals surface area contributed by atoms with Crippen LogP contribution in [0.3, 0.4) is 0 Å². The monoisotopic (exact) mass is 360 g/mol. The third kappa shape index (κ3) is 6.74. The van der Waals surface area contributed by atoms with Gasteiger partial charge in [0.15, 0.2) is 5.96 Å². The molecule has 1 N–H and O–H groups in total. The van der Waals surface area contributed by atoms with Crippen LogP contribution in [0.1, 0.15) is 29.6 Å². The molecule has 5 nitrogen and oxygen atoms in total. The lowest BCUT2D eigenvalue weighted by Crippen LogP contribution is -2.38. The summed E-state index contributed by atoms with van der Waals surface area (Å²) in [5, 5.41) is 6.53. The number of aliphatic imine (C=N–C) groups is 1. The van der Waals surface area contributed by atoms with Crippen LogP contribution in [0.15, 0.2) is 34.6 Å². The van der Waals surface area contributed by atoms with Crippen LogP contribution in [-0.4, -0.2) is 42.6 Å². The summed E-state index contributed by atoms with van der Waals surface area (Å²) in [6.45, 7) is 9.19. The van der Waals surface area contributed by atoms with E-state index in [0.717, 1.165) is 48.5 Å². The molecule has 2 rings (SSSR count). The fourth-order valence-electron chi connectivity index (χ4n) is 2.34. The minimum atomic E-state index is 0.668. The first-order valence-electron chi connectivity index (χ1n) is 8.68. The van der Waals surface area contributed by atoms with E-state index < -0.39 is 0 Å². The van der Waals surface area contributed by atoms with Gasteiger partial charge >= 0.3 is 0 Å².